The fraction of sp³-hybridized carbons (Fsp3) is 0.364. The molecular formula is C11H14NO2+. The Kier molecular flexibility index (Phi) is 2.25. The Morgan fingerprint density at radius 2 is 2.36 bits per heavy atom. The molecule has 1 unspecified atom stereocenters. The second kappa shape index (κ2) is 3.42. The van der Waals surface area contributed by atoms with Gasteiger partial charge >= 0.3 is 5.97 Å². The van der Waals surface area contributed by atoms with E-state index in [1.165, 1.54) is 12.5 Å². The Bertz CT molecular complexity index is 374. The van der Waals surface area contributed by atoms with Gasteiger partial charge in [-0.3, -0.25) is 4.79 Å². The van der Waals surface area contributed by atoms with Crippen LogP contribution in [0.1, 0.15) is 30.6 Å². The van der Waals surface area contributed by atoms with Gasteiger partial charge in [-0.15, -0.1) is 0 Å². The number of aryl methyl sites for hydroxylation is 1. The lowest BCUT2D eigenvalue weighted by Gasteiger charge is -2.11. The molecule has 74 valence electrons. The van der Waals surface area contributed by atoms with Crippen molar-refractivity contribution < 1.29 is 15.3 Å². The van der Waals surface area contributed by atoms with E-state index in [1.807, 2.05) is 12.1 Å². The maximum atomic E-state index is 10.9. The van der Waals surface area contributed by atoms with Crippen LogP contribution in [0.15, 0.2) is 18.2 Å². The lowest BCUT2D eigenvalue weighted by molar-refractivity contribution is -0.254. The molecule has 0 heterocycles. The van der Waals surface area contributed by atoms with Gasteiger partial charge in [-0.1, -0.05) is 6.07 Å². The Morgan fingerprint density at radius 1 is 1.57 bits per heavy atom. The van der Waals surface area contributed by atoms with Crippen LogP contribution in [0.25, 0.3) is 0 Å². The fourth-order valence-electron chi connectivity index (χ4n) is 1.94. The third-order valence-corrected chi connectivity index (χ3v) is 2.54. The van der Waals surface area contributed by atoms with Gasteiger partial charge in [-0.25, -0.2) is 0 Å². The Hall–Kier alpha value is -1.35. The molecule has 0 aliphatic heterocycles. The van der Waals surface area contributed by atoms with E-state index in [2.05, 4.69) is 11.8 Å². The zero-order valence-corrected chi connectivity index (χ0v) is 8.25. The minimum Gasteiger partial charge on any atom is -0.458 e. The second-order valence-corrected chi connectivity index (χ2v) is 3.67. The highest BCUT2D eigenvalue weighted by Crippen LogP contribution is 2.34. The molecule has 0 radical (unpaired) electrons. The molecule has 3 heteroatoms. The number of quaternary nitrogens is 1. The van der Waals surface area contributed by atoms with Crippen molar-refractivity contribution in [2.45, 2.75) is 25.9 Å². The highest BCUT2D eigenvalue weighted by atomic mass is 16.5. The summed E-state index contributed by atoms with van der Waals surface area (Å²) in [5.41, 5.74) is 7.26. The van der Waals surface area contributed by atoms with Crippen LogP contribution in [-0.4, -0.2) is 5.97 Å². The largest absolute Gasteiger partial charge is 0.458 e. The van der Waals surface area contributed by atoms with Crippen molar-refractivity contribution in [3.8, 4) is 0 Å². The Balaban J connectivity index is 2.28. The molecule has 1 aliphatic rings. The van der Waals surface area contributed by atoms with Crippen LogP contribution in [0.5, 0.6) is 0 Å². The molecular weight excluding hydrogens is 178 g/mol. The van der Waals surface area contributed by atoms with E-state index in [0.29, 0.717) is 0 Å². The van der Waals surface area contributed by atoms with Crippen LogP contribution in [-0.2, 0) is 16.0 Å². The van der Waals surface area contributed by atoms with Gasteiger partial charge in [0.25, 0.3) is 0 Å². The van der Waals surface area contributed by atoms with Crippen LogP contribution in [0.2, 0.25) is 0 Å². The van der Waals surface area contributed by atoms with Gasteiger partial charge in [0.15, 0.2) is 0 Å². The summed E-state index contributed by atoms with van der Waals surface area (Å²) in [6, 6.07) is 6.08. The molecule has 2 rings (SSSR count). The minimum atomic E-state index is -0.211. The predicted molar refractivity (Wildman–Crippen MR) is 51.8 cm³/mol. The summed E-state index contributed by atoms with van der Waals surface area (Å²) in [6.45, 7) is 1.45. The summed E-state index contributed by atoms with van der Waals surface area (Å²) in [5.74, 6) is -0.211. The van der Waals surface area contributed by atoms with Crippen LogP contribution >= 0.6 is 0 Å². The van der Waals surface area contributed by atoms with Gasteiger partial charge in [-0.2, -0.15) is 0 Å². The van der Waals surface area contributed by atoms with Gasteiger partial charge in [-0.05, 0) is 24.5 Å². The van der Waals surface area contributed by atoms with E-state index < -0.39 is 0 Å². The molecule has 0 bridgehead atoms. The van der Waals surface area contributed by atoms with Gasteiger partial charge in [0.05, 0.1) is 0 Å². The highest BCUT2D eigenvalue weighted by molar-refractivity contribution is 5.66. The normalized spacial score (nSPS) is 19.1. The number of hydrogen-bond acceptors (Lipinski definition) is 2. The second-order valence-electron chi connectivity index (χ2n) is 3.67. The van der Waals surface area contributed by atoms with Gasteiger partial charge in [0.2, 0.25) is 0 Å². The number of carbonyl (C=O) groups is 1. The van der Waals surface area contributed by atoms with Crippen LogP contribution < -0.4 is 5.73 Å². The zero-order chi connectivity index (χ0) is 10.1. The number of benzene rings is 1. The molecule has 0 aromatic heterocycles. The standard InChI is InChI=1S/C11H13NO2/c1-7(13)14-11-5-3-8-2-4-9(12)6-10(8)11/h2,4,6,11H,3,5,12H2,1H3/p+1. The van der Waals surface area contributed by atoms with Gasteiger partial charge < -0.3 is 10.5 Å². The van der Waals surface area contributed by atoms with Crippen molar-refractivity contribution in [2.24, 2.45) is 0 Å². The van der Waals surface area contributed by atoms with E-state index in [1.54, 1.807) is 0 Å². The Labute approximate surface area is 82.9 Å². The van der Waals surface area contributed by atoms with Crippen LogP contribution in [0, 0.1) is 0 Å². The average Bonchev–Trinajstić information content (AvgIpc) is 2.47. The predicted octanol–water partition coefficient (Wildman–Crippen LogP) is 1.11. The quantitative estimate of drug-likeness (QED) is 0.678. The van der Waals surface area contributed by atoms with E-state index in [0.717, 1.165) is 24.1 Å². The molecule has 0 saturated carbocycles. The summed E-state index contributed by atoms with van der Waals surface area (Å²) in [6.07, 6.45) is 1.84. The summed E-state index contributed by atoms with van der Waals surface area (Å²) >= 11 is 0. The topological polar surface area (TPSA) is 53.9 Å². The number of esters is 1. The first-order valence-corrected chi connectivity index (χ1v) is 4.79. The number of carbonyl (C=O) groups excluding carboxylic acids is 1. The molecule has 0 fully saturated rings. The maximum absolute atomic E-state index is 10.9. The molecule has 0 amide bonds. The van der Waals surface area contributed by atoms with Crippen molar-refractivity contribution >= 4 is 11.7 Å². The lowest BCUT2D eigenvalue weighted by atomic mass is 10.1. The lowest BCUT2D eigenvalue weighted by Crippen LogP contribution is -2.40. The average molecular weight is 192 g/mol. The molecule has 1 aromatic rings. The summed E-state index contributed by atoms with van der Waals surface area (Å²) in [4.78, 5) is 10.9. The first-order chi connectivity index (χ1) is 6.66. The number of rotatable bonds is 1. The van der Waals surface area contributed by atoms with Crippen LogP contribution in [0.4, 0.5) is 5.69 Å². The summed E-state index contributed by atoms with van der Waals surface area (Å²) < 4.78 is 5.23. The molecule has 1 aliphatic carbocycles. The summed E-state index contributed by atoms with van der Waals surface area (Å²) in [7, 11) is 0. The van der Waals surface area contributed by atoms with Gasteiger partial charge in [0, 0.05) is 18.6 Å². The van der Waals surface area contributed by atoms with Crippen molar-refractivity contribution in [3.05, 3.63) is 29.3 Å². The molecule has 3 nitrogen and oxygen atoms in total. The van der Waals surface area contributed by atoms with E-state index in [-0.39, 0.29) is 12.1 Å². The molecule has 14 heavy (non-hydrogen) atoms. The smallest absolute Gasteiger partial charge is 0.303 e. The van der Waals surface area contributed by atoms with Crippen molar-refractivity contribution in [3.63, 3.8) is 0 Å². The maximum Gasteiger partial charge on any atom is 0.303 e. The SMILES string of the molecule is CC(=O)OC1CCc2ccc([NH3+])cc21. The zero-order valence-electron chi connectivity index (χ0n) is 8.25. The number of ether oxygens (including phenoxy) is 1. The van der Waals surface area contributed by atoms with Crippen molar-refractivity contribution in [1.82, 2.24) is 0 Å². The van der Waals surface area contributed by atoms with Crippen molar-refractivity contribution in [2.75, 3.05) is 0 Å². The van der Waals surface area contributed by atoms with E-state index in [9.17, 15) is 4.79 Å². The Morgan fingerprint density at radius 3 is 3.07 bits per heavy atom. The third kappa shape index (κ3) is 1.63. The molecule has 3 N–H and O–H groups in total. The monoisotopic (exact) mass is 192 g/mol. The third-order valence-electron chi connectivity index (χ3n) is 2.54. The van der Waals surface area contributed by atoms with E-state index in [4.69, 9.17) is 4.74 Å². The van der Waals surface area contributed by atoms with Crippen molar-refractivity contribution in [1.29, 1.82) is 0 Å². The molecule has 1 atom stereocenters. The van der Waals surface area contributed by atoms with Gasteiger partial charge in [0.1, 0.15) is 11.8 Å². The molecule has 0 saturated heterocycles. The first kappa shape index (κ1) is 9.21. The summed E-state index contributed by atoms with van der Waals surface area (Å²) in [5, 5.41) is 0. The first-order valence-electron chi connectivity index (χ1n) is 4.79. The molecule has 1 aromatic carbocycles. The molecule has 0 spiro atoms. The van der Waals surface area contributed by atoms with Crippen LogP contribution in [0.3, 0.4) is 0 Å². The van der Waals surface area contributed by atoms with E-state index >= 15 is 0 Å². The number of fused-ring (bicyclic) bond motifs is 1. The highest BCUT2D eigenvalue weighted by Gasteiger charge is 2.25. The number of hydrogen-bond donors (Lipinski definition) is 1. The fourth-order valence-corrected chi connectivity index (χ4v) is 1.94. The minimum absolute atomic E-state index is 0.0517.